The van der Waals surface area contributed by atoms with E-state index in [2.05, 4.69) is 47.3 Å². The Morgan fingerprint density at radius 1 is 1.00 bits per heavy atom. The Morgan fingerprint density at radius 2 is 1.67 bits per heavy atom. The molecule has 3 nitrogen and oxygen atoms in total. The summed E-state index contributed by atoms with van der Waals surface area (Å²) >= 11 is 0. The van der Waals surface area contributed by atoms with E-state index in [1.165, 1.54) is 16.7 Å². The normalized spacial score (nSPS) is 12.4. The molecule has 0 aliphatic heterocycles. The van der Waals surface area contributed by atoms with Crippen molar-refractivity contribution in [1.29, 1.82) is 0 Å². The Kier molecular flexibility index (Phi) is 3.72. The zero-order valence-electron chi connectivity index (χ0n) is 11.4. The molecule has 1 heterocycles. The van der Waals surface area contributed by atoms with E-state index < -0.39 is 0 Å². The Labute approximate surface area is 108 Å². The predicted molar refractivity (Wildman–Crippen MR) is 73.6 cm³/mol. The van der Waals surface area contributed by atoms with E-state index in [4.69, 9.17) is 0 Å². The summed E-state index contributed by atoms with van der Waals surface area (Å²) in [4.78, 5) is 8.83. The van der Waals surface area contributed by atoms with Crippen LogP contribution in [0.15, 0.2) is 30.6 Å². The monoisotopic (exact) mass is 241 g/mol. The van der Waals surface area contributed by atoms with Gasteiger partial charge < -0.3 is 5.32 Å². The average molecular weight is 241 g/mol. The lowest BCUT2D eigenvalue weighted by molar-refractivity contribution is 0.641. The topological polar surface area (TPSA) is 37.8 Å². The van der Waals surface area contributed by atoms with E-state index in [0.717, 1.165) is 11.4 Å². The smallest absolute Gasteiger partial charge is 0.149 e. The first-order chi connectivity index (χ1) is 8.61. The van der Waals surface area contributed by atoms with E-state index in [1.807, 2.05) is 26.4 Å². The van der Waals surface area contributed by atoms with E-state index in [-0.39, 0.29) is 6.04 Å². The number of aromatic nitrogens is 2. The van der Waals surface area contributed by atoms with Crippen molar-refractivity contribution in [2.45, 2.75) is 26.8 Å². The third-order valence-corrected chi connectivity index (χ3v) is 3.08. The summed E-state index contributed by atoms with van der Waals surface area (Å²) in [5.74, 6) is 0.815. The van der Waals surface area contributed by atoms with Gasteiger partial charge in [-0.1, -0.05) is 23.8 Å². The molecule has 0 fully saturated rings. The standard InChI is InChI=1S/C15H19N3/c1-10-5-6-13(12(3)7-10)14(16-4)15-17-8-11(2)9-18-15/h5-9,14,16H,1-4H3. The Bertz CT molecular complexity index is 532. The maximum atomic E-state index is 4.42. The Balaban J connectivity index is 2.41. The zero-order valence-corrected chi connectivity index (χ0v) is 11.4. The van der Waals surface area contributed by atoms with E-state index in [9.17, 15) is 0 Å². The quantitative estimate of drug-likeness (QED) is 0.897. The van der Waals surface area contributed by atoms with Gasteiger partial charge in [0.2, 0.25) is 0 Å². The molecule has 1 atom stereocenters. The van der Waals surface area contributed by atoms with Crippen molar-refractivity contribution in [2.75, 3.05) is 7.05 Å². The summed E-state index contributed by atoms with van der Waals surface area (Å²) in [5, 5.41) is 3.29. The molecule has 0 radical (unpaired) electrons. The summed E-state index contributed by atoms with van der Waals surface area (Å²) in [6.45, 7) is 6.23. The SMILES string of the molecule is CNC(c1ncc(C)cn1)c1ccc(C)cc1C. The van der Waals surface area contributed by atoms with Gasteiger partial charge in [0.15, 0.2) is 0 Å². The summed E-state index contributed by atoms with van der Waals surface area (Å²) in [7, 11) is 1.94. The molecule has 1 unspecified atom stereocenters. The zero-order chi connectivity index (χ0) is 13.1. The number of benzene rings is 1. The van der Waals surface area contributed by atoms with Gasteiger partial charge in [-0.3, -0.25) is 0 Å². The lowest BCUT2D eigenvalue weighted by Gasteiger charge is -2.18. The summed E-state index contributed by atoms with van der Waals surface area (Å²) < 4.78 is 0. The molecular formula is C15H19N3. The van der Waals surface area contributed by atoms with Crippen LogP contribution in [0, 0.1) is 20.8 Å². The van der Waals surface area contributed by atoms with Crippen molar-refractivity contribution in [1.82, 2.24) is 15.3 Å². The number of aryl methyl sites for hydroxylation is 3. The van der Waals surface area contributed by atoms with Gasteiger partial charge in [0.1, 0.15) is 5.82 Å². The summed E-state index contributed by atoms with van der Waals surface area (Å²) in [6.07, 6.45) is 3.71. The molecule has 1 aromatic heterocycles. The molecule has 0 aliphatic carbocycles. The van der Waals surface area contributed by atoms with E-state index >= 15 is 0 Å². The van der Waals surface area contributed by atoms with Crippen LogP contribution >= 0.6 is 0 Å². The van der Waals surface area contributed by atoms with Gasteiger partial charge in [-0.05, 0) is 44.5 Å². The van der Waals surface area contributed by atoms with Crippen LogP contribution in [0.3, 0.4) is 0 Å². The highest BCUT2D eigenvalue weighted by Crippen LogP contribution is 2.22. The van der Waals surface area contributed by atoms with Gasteiger partial charge in [-0.2, -0.15) is 0 Å². The molecule has 0 bridgehead atoms. The summed E-state index contributed by atoms with van der Waals surface area (Å²) in [6, 6.07) is 6.51. The molecule has 18 heavy (non-hydrogen) atoms. The lowest BCUT2D eigenvalue weighted by atomic mass is 9.98. The van der Waals surface area contributed by atoms with Gasteiger partial charge >= 0.3 is 0 Å². The molecule has 1 aromatic carbocycles. The van der Waals surface area contributed by atoms with Crippen LogP contribution in [0.5, 0.6) is 0 Å². The average Bonchev–Trinajstić information content (AvgIpc) is 2.35. The van der Waals surface area contributed by atoms with Crippen molar-refractivity contribution in [2.24, 2.45) is 0 Å². The van der Waals surface area contributed by atoms with Gasteiger partial charge in [-0.25, -0.2) is 9.97 Å². The first kappa shape index (κ1) is 12.7. The highest BCUT2D eigenvalue weighted by Gasteiger charge is 2.16. The molecule has 94 valence electrons. The second-order valence-corrected chi connectivity index (χ2v) is 4.70. The van der Waals surface area contributed by atoms with E-state index in [1.54, 1.807) is 0 Å². The van der Waals surface area contributed by atoms with Gasteiger partial charge in [0.25, 0.3) is 0 Å². The van der Waals surface area contributed by atoms with Crippen LogP contribution in [0.4, 0.5) is 0 Å². The number of rotatable bonds is 3. The molecule has 1 N–H and O–H groups in total. The predicted octanol–water partition coefficient (Wildman–Crippen LogP) is 2.71. The molecule has 0 aliphatic rings. The fourth-order valence-electron chi connectivity index (χ4n) is 2.12. The number of nitrogens with zero attached hydrogens (tertiary/aromatic N) is 2. The fraction of sp³-hybridized carbons (Fsp3) is 0.333. The van der Waals surface area contributed by atoms with Crippen molar-refractivity contribution in [3.63, 3.8) is 0 Å². The van der Waals surface area contributed by atoms with Crippen LogP contribution in [0.2, 0.25) is 0 Å². The van der Waals surface area contributed by atoms with Gasteiger partial charge in [0.05, 0.1) is 6.04 Å². The third kappa shape index (κ3) is 2.57. The highest BCUT2D eigenvalue weighted by molar-refractivity contribution is 5.35. The first-order valence-corrected chi connectivity index (χ1v) is 6.15. The minimum absolute atomic E-state index is 0.0474. The molecule has 0 saturated carbocycles. The Morgan fingerprint density at radius 3 is 2.22 bits per heavy atom. The van der Waals surface area contributed by atoms with Crippen molar-refractivity contribution in [3.8, 4) is 0 Å². The summed E-state index contributed by atoms with van der Waals surface area (Å²) in [5.41, 5.74) is 4.84. The maximum Gasteiger partial charge on any atom is 0.149 e. The number of nitrogens with one attached hydrogen (secondary N) is 1. The maximum absolute atomic E-state index is 4.42. The van der Waals surface area contributed by atoms with Crippen molar-refractivity contribution >= 4 is 0 Å². The van der Waals surface area contributed by atoms with Crippen LogP contribution in [0.25, 0.3) is 0 Å². The Hall–Kier alpha value is -1.74. The second-order valence-electron chi connectivity index (χ2n) is 4.70. The van der Waals surface area contributed by atoms with E-state index in [0.29, 0.717) is 0 Å². The lowest BCUT2D eigenvalue weighted by Crippen LogP contribution is -2.21. The largest absolute Gasteiger partial charge is 0.307 e. The van der Waals surface area contributed by atoms with Crippen LogP contribution in [-0.2, 0) is 0 Å². The molecule has 3 heteroatoms. The molecule has 0 amide bonds. The molecule has 2 rings (SSSR count). The fourth-order valence-corrected chi connectivity index (χ4v) is 2.12. The second kappa shape index (κ2) is 5.27. The molecule has 0 saturated heterocycles. The van der Waals surface area contributed by atoms with Crippen LogP contribution < -0.4 is 5.32 Å². The minimum atomic E-state index is 0.0474. The van der Waals surface area contributed by atoms with Crippen molar-refractivity contribution < 1.29 is 0 Å². The van der Waals surface area contributed by atoms with Crippen LogP contribution in [-0.4, -0.2) is 17.0 Å². The van der Waals surface area contributed by atoms with Gasteiger partial charge in [-0.15, -0.1) is 0 Å². The molecular weight excluding hydrogens is 222 g/mol. The molecule has 2 aromatic rings. The van der Waals surface area contributed by atoms with Crippen LogP contribution in [0.1, 0.15) is 34.1 Å². The first-order valence-electron chi connectivity index (χ1n) is 6.15. The van der Waals surface area contributed by atoms with Crippen molar-refractivity contribution in [3.05, 3.63) is 58.7 Å². The highest BCUT2D eigenvalue weighted by atomic mass is 15.0. The number of hydrogen-bond acceptors (Lipinski definition) is 3. The minimum Gasteiger partial charge on any atom is -0.307 e. The molecule has 0 spiro atoms. The number of hydrogen-bond donors (Lipinski definition) is 1. The van der Waals surface area contributed by atoms with Gasteiger partial charge in [0, 0.05) is 12.4 Å². The third-order valence-electron chi connectivity index (χ3n) is 3.08.